The Morgan fingerprint density at radius 1 is 0.970 bits per heavy atom. The van der Waals surface area contributed by atoms with Gasteiger partial charge in [0.1, 0.15) is 6.04 Å². The van der Waals surface area contributed by atoms with Crippen molar-refractivity contribution < 1.29 is 9.59 Å². The Kier molecular flexibility index (Phi) is 9.40. The number of nitrogens with one attached hydrogen (secondary N) is 1. The third-order valence-corrected chi connectivity index (χ3v) is 6.73. The van der Waals surface area contributed by atoms with Crippen molar-refractivity contribution in [1.82, 2.24) is 10.2 Å². The van der Waals surface area contributed by atoms with Gasteiger partial charge in [0, 0.05) is 30.8 Å². The zero-order chi connectivity index (χ0) is 23.6. The molecular formula is C27H29ClN2O2S. The van der Waals surface area contributed by atoms with Crippen LogP contribution in [-0.2, 0) is 28.3 Å². The lowest BCUT2D eigenvalue weighted by Gasteiger charge is -2.31. The smallest absolute Gasteiger partial charge is 0.242 e. The number of hydrogen-bond acceptors (Lipinski definition) is 3. The second kappa shape index (κ2) is 12.5. The molecule has 3 aromatic carbocycles. The maximum Gasteiger partial charge on any atom is 0.242 e. The van der Waals surface area contributed by atoms with Crippen LogP contribution in [0.3, 0.4) is 0 Å². The van der Waals surface area contributed by atoms with Crippen molar-refractivity contribution in [3.63, 3.8) is 0 Å². The average Bonchev–Trinajstić information content (AvgIpc) is 2.82. The minimum Gasteiger partial charge on any atom is -0.357 e. The summed E-state index contributed by atoms with van der Waals surface area (Å²) in [5.41, 5.74) is 4.13. The van der Waals surface area contributed by atoms with E-state index in [2.05, 4.69) is 11.4 Å². The van der Waals surface area contributed by atoms with Crippen LogP contribution in [-0.4, -0.2) is 35.6 Å². The number of nitrogens with zero attached hydrogens (tertiary/aromatic N) is 1. The molecule has 1 atom stereocenters. The molecule has 1 N–H and O–H groups in total. The van der Waals surface area contributed by atoms with Gasteiger partial charge in [-0.25, -0.2) is 0 Å². The first-order chi connectivity index (χ1) is 16.0. The Balaban J connectivity index is 1.81. The Labute approximate surface area is 205 Å². The van der Waals surface area contributed by atoms with Crippen LogP contribution in [0, 0.1) is 6.92 Å². The van der Waals surface area contributed by atoms with E-state index in [0.29, 0.717) is 23.7 Å². The summed E-state index contributed by atoms with van der Waals surface area (Å²) < 4.78 is 0. The van der Waals surface area contributed by atoms with E-state index >= 15 is 0 Å². The number of aryl methyl sites for hydroxylation is 1. The summed E-state index contributed by atoms with van der Waals surface area (Å²) in [4.78, 5) is 28.1. The highest BCUT2D eigenvalue weighted by molar-refractivity contribution is 7.99. The molecular weight excluding hydrogens is 452 g/mol. The predicted octanol–water partition coefficient (Wildman–Crippen LogP) is 5.27. The molecule has 0 unspecified atom stereocenters. The number of amides is 2. The molecule has 4 nitrogen and oxygen atoms in total. The standard InChI is InChI=1S/C27H29ClN2O2S/c1-20-9-8-12-22(15-20)17-30(25(27(32)29-2)16-21-10-4-3-5-11-21)26(31)19-33-18-23-13-6-7-14-24(23)28/h3-15,25H,16-19H2,1-2H3,(H,29,32)/t25-/m1/s1. The minimum atomic E-state index is -0.605. The fourth-order valence-corrected chi connectivity index (χ4v) is 4.87. The van der Waals surface area contributed by atoms with E-state index in [0.717, 1.165) is 22.3 Å². The van der Waals surface area contributed by atoms with Crippen LogP contribution >= 0.6 is 23.4 Å². The topological polar surface area (TPSA) is 49.4 Å². The molecule has 0 saturated heterocycles. The van der Waals surface area contributed by atoms with Crippen molar-refractivity contribution in [3.05, 3.63) is 106 Å². The van der Waals surface area contributed by atoms with Gasteiger partial charge in [-0.3, -0.25) is 9.59 Å². The molecule has 0 aromatic heterocycles. The van der Waals surface area contributed by atoms with Gasteiger partial charge in [-0.15, -0.1) is 11.8 Å². The van der Waals surface area contributed by atoms with Gasteiger partial charge in [-0.2, -0.15) is 0 Å². The molecule has 0 fully saturated rings. The van der Waals surface area contributed by atoms with E-state index in [1.54, 1.807) is 11.9 Å². The summed E-state index contributed by atoms with van der Waals surface area (Å²) in [5.74, 6) is 0.654. The molecule has 0 saturated carbocycles. The second-order valence-corrected chi connectivity index (χ2v) is 9.31. The van der Waals surface area contributed by atoms with Crippen LogP contribution in [0.2, 0.25) is 5.02 Å². The van der Waals surface area contributed by atoms with Gasteiger partial charge in [0.25, 0.3) is 0 Å². The molecule has 0 heterocycles. The van der Waals surface area contributed by atoms with Crippen molar-refractivity contribution in [2.75, 3.05) is 12.8 Å². The van der Waals surface area contributed by atoms with Crippen LogP contribution in [0.25, 0.3) is 0 Å². The third-order valence-electron chi connectivity index (χ3n) is 5.39. The van der Waals surface area contributed by atoms with Gasteiger partial charge in [0.05, 0.1) is 5.75 Å². The van der Waals surface area contributed by atoms with E-state index in [9.17, 15) is 9.59 Å². The maximum atomic E-state index is 13.5. The second-order valence-electron chi connectivity index (χ2n) is 7.91. The molecule has 0 bridgehead atoms. The quantitative estimate of drug-likeness (QED) is 0.430. The molecule has 6 heteroatoms. The van der Waals surface area contributed by atoms with Gasteiger partial charge < -0.3 is 10.2 Å². The summed E-state index contributed by atoms with van der Waals surface area (Å²) in [6, 6.07) is 24.9. The van der Waals surface area contributed by atoms with E-state index < -0.39 is 6.04 Å². The van der Waals surface area contributed by atoms with Crippen molar-refractivity contribution in [2.45, 2.75) is 31.7 Å². The van der Waals surface area contributed by atoms with Crippen LogP contribution in [0.1, 0.15) is 22.3 Å². The number of halogens is 1. The summed E-state index contributed by atoms with van der Waals surface area (Å²) >= 11 is 7.77. The van der Waals surface area contributed by atoms with Crippen LogP contribution in [0.4, 0.5) is 0 Å². The van der Waals surface area contributed by atoms with E-state index in [-0.39, 0.29) is 17.6 Å². The molecule has 172 valence electrons. The van der Waals surface area contributed by atoms with Crippen molar-refractivity contribution in [2.24, 2.45) is 0 Å². The highest BCUT2D eigenvalue weighted by atomic mass is 35.5. The normalized spacial score (nSPS) is 11.6. The highest BCUT2D eigenvalue weighted by Crippen LogP contribution is 2.22. The van der Waals surface area contributed by atoms with Crippen molar-refractivity contribution in [3.8, 4) is 0 Å². The van der Waals surface area contributed by atoms with Crippen LogP contribution in [0.5, 0.6) is 0 Å². The lowest BCUT2D eigenvalue weighted by molar-refractivity contribution is -0.139. The Morgan fingerprint density at radius 3 is 2.36 bits per heavy atom. The fourth-order valence-electron chi connectivity index (χ4n) is 3.67. The summed E-state index contributed by atoms with van der Waals surface area (Å²) in [6.07, 6.45) is 0.452. The zero-order valence-electron chi connectivity index (χ0n) is 19.0. The number of carbonyl (C=O) groups is 2. The third kappa shape index (κ3) is 7.37. The van der Waals surface area contributed by atoms with Gasteiger partial charge in [0.15, 0.2) is 0 Å². The van der Waals surface area contributed by atoms with Crippen molar-refractivity contribution in [1.29, 1.82) is 0 Å². The summed E-state index contributed by atoms with van der Waals surface area (Å²) in [7, 11) is 1.61. The lowest BCUT2D eigenvalue weighted by Crippen LogP contribution is -2.50. The first kappa shape index (κ1) is 24.9. The Morgan fingerprint density at radius 2 is 1.67 bits per heavy atom. The first-order valence-electron chi connectivity index (χ1n) is 10.9. The molecule has 3 aromatic rings. The number of carbonyl (C=O) groups excluding carboxylic acids is 2. The minimum absolute atomic E-state index is 0.0712. The number of benzene rings is 3. The molecule has 3 rings (SSSR count). The SMILES string of the molecule is CNC(=O)[C@@H](Cc1ccccc1)N(Cc1cccc(C)c1)C(=O)CSCc1ccccc1Cl. The highest BCUT2D eigenvalue weighted by Gasteiger charge is 2.29. The fraction of sp³-hybridized carbons (Fsp3) is 0.259. The molecule has 2 amide bonds. The van der Waals surface area contributed by atoms with Gasteiger partial charge in [0.2, 0.25) is 11.8 Å². The van der Waals surface area contributed by atoms with Gasteiger partial charge in [-0.05, 0) is 29.7 Å². The molecule has 33 heavy (non-hydrogen) atoms. The summed E-state index contributed by atoms with van der Waals surface area (Å²) in [6.45, 7) is 2.40. The molecule has 0 aliphatic rings. The van der Waals surface area contributed by atoms with Crippen molar-refractivity contribution >= 4 is 35.2 Å². The zero-order valence-corrected chi connectivity index (χ0v) is 20.5. The molecule has 0 aliphatic heterocycles. The summed E-state index contributed by atoms with van der Waals surface area (Å²) in [5, 5.41) is 3.45. The average molecular weight is 481 g/mol. The maximum absolute atomic E-state index is 13.5. The van der Waals surface area contributed by atoms with E-state index in [1.165, 1.54) is 11.8 Å². The van der Waals surface area contributed by atoms with E-state index in [4.69, 9.17) is 11.6 Å². The predicted molar refractivity (Wildman–Crippen MR) is 137 cm³/mol. The molecule has 0 spiro atoms. The molecule has 0 aliphatic carbocycles. The number of likely N-dealkylation sites (N-methyl/N-ethyl adjacent to an activating group) is 1. The van der Waals surface area contributed by atoms with E-state index in [1.807, 2.05) is 79.7 Å². The number of rotatable bonds is 10. The van der Waals surface area contributed by atoms with Gasteiger partial charge >= 0.3 is 0 Å². The van der Waals surface area contributed by atoms with Gasteiger partial charge in [-0.1, -0.05) is 90.0 Å². The number of thioether (sulfide) groups is 1. The monoisotopic (exact) mass is 480 g/mol. The Hall–Kier alpha value is -2.76. The molecule has 0 radical (unpaired) electrons. The number of hydrogen-bond donors (Lipinski definition) is 1. The largest absolute Gasteiger partial charge is 0.357 e. The lowest BCUT2D eigenvalue weighted by atomic mass is 10.0. The Bertz CT molecular complexity index is 1070. The first-order valence-corrected chi connectivity index (χ1v) is 12.4. The van der Waals surface area contributed by atoms with Crippen LogP contribution in [0.15, 0.2) is 78.9 Å². The van der Waals surface area contributed by atoms with Crippen LogP contribution < -0.4 is 5.32 Å².